The van der Waals surface area contributed by atoms with Crippen molar-refractivity contribution in [1.82, 2.24) is 0 Å². The molecule has 1 fully saturated rings. The molecule has 1 saturated carbocycles. The number of ether oxygens (including phenoxy) is 2. The van der Waals surface area contributed by atoms with Crippen molar-refractivity contribution >= 4 is 5.57 Å². The number of benzene rings is 4. The van der Waals surface area contributed by atoms with Crippen LogP contribution < -0.4 is 9.47 Å². The second-order valence-corrected chi connectivity index (χ2v) is 13.5. The first-order valence-electron chi connectivity index (χ1n) is 18.3. The van der Waals surface area contributed by atoms with Gasteiger partial charge in [-0.2, -0.15) is 0 Å². The van der Waals surface area contributed by atoms with Gasteiger partial charge in [0.15, 0.2) is 0 Å². The minimum absolute atomic E-state index is 0.0127. The average Bonchev–Trinajstić information content (AvgIpc) is 3.12. The van der Waals surface area contributed by atoms with Crippen molar-refractivity contribution in [2.75, 3.05) is 14.2 Å². The maximum atomic E-state index is 14.6. The molecule has 2 aliphatic carbocycles. The molecule has 4 aromatic rings. The Morgan fingerprint density at radius 2 is 1.10 bits per heavy atom. The molecule has 6 heteroatoms. The van der Waals surface area contributed by atoms with E-state index in [1.807, 2.05) is 30.3 Å². The highest BCUT2D eigenvalue weighted by atomic mass is 19.1. The summed E-state index contributed by atoms with van der Waals surface area (Å²) >= 11 is 0. The molecule has 0 aliphatic heterocycles. The fourth-order valence-electron chi connectivity index (χ4n) is 7.36. The van der Waals surface area contributed by atoms with Crippen LogP contribution in [0.1, 0.15) is 112 Å². The van der Waals surface area contributed by atoms with Gasteiger partial charge in [0.1, 0.15) is 23.1 Å². The van der Waals surface area contributed by atoms with Gasteiger partial charge >= 0.3 is 0 Å². The molecular weight excluding hydrogens is 630 g/mol. The molecule has 0 bridgehead atoms. The van der Waals surface area contributed by atoms with E-state index < -0.39 is 0 Å². The van der Waals surface area contributed by atoms with E-state index in [1.54, 1.807) is 38.5 Å². The number of aliphatic hydroxyl groups is 2. The SMILES string of the molecule is COc1ccc(F)c(-c2ccc(CO)cc2/C2=C/CCCCCC2)c1.COc1ccc(F)c(-c2ccc(CO)cc2C2CCCCCCC2)c1. The zero-order chi connectivity index (χ0) is 35.3. The number of rotatable bonds is 8. The van der Waals surface area contributed by atoms with Crippen LogP contribution >= 0.6 is 0 Å². The first kappa shape index (κ1) is 37.3. The van der Waals surface area contributed by atoms with Crippen LogP contribution in [0.3, 0.4) is 0 Å². The third-order valence-electron chi connectivity index (χ3n) is 10.2. The Morgan fingerprint density at radius 1 is 0.560 bits per heavy atom. The third kappa shape index (κ3) is 9.61. The summed E-state index contributed by atoms with van der Waals surface area (Å²) in [7, 11) is 3.19. The predicted octanol–water partition coefficient (Wildman–Crippen LogP) is 11.6. The molecular formula is C44H52F2O4. The first-order valence-corrected chi connectivity index (χ1v) is 18.3. The lowest BCUT2D eigenvalue weighted by atomic mass is 9.81. The summed E-state index contributed by atoms with van der Waals surface area (Å²) in [6.07, 6.45) is 17.8. The standard InChI is InChI=1S/C22H27FO2.C22H25FO2/c2*1-25-18-10-12-22(23)21(14-18)19-11-9-16(15-24)13-20(19)17-7-5-3-2-4-6-8-17/h9-14,17,24H,2-8,15H2,1H3;7,9-14,24H,2-6,8,15H2,1H3/b;17-7+. The van der Waals surface area contributed by atoms with Gasteiger partial charge in [-0.3, -0.25) is 0 Å². The maximum Gasteiger partial charge on any atom is 0.131 e. The lowest BCUT2D eigenvalue weighted by Gasteiger charge is -2.24. The van der Waals surface area contributed by atoms with Crippen molar-refractivity contribution in [2.24, 2.45) is 0 Å². The van der Waals surface area contributed by atoms with Crippen LogP contribution in [0.15, 0.2) is 78.9 Å². The predicted molar refractivity (Wildman–Crippen MR) is 199 cm³/mol. The molecule has 2 aliphatic rings. The molecule has 266 valence electrons. The molecule has 6 rings (SSSR count). The van der Waals surface area contributed by atoms with E-state index in [4.69, 9.17) is 9.47 Å². The van der Waals surface area contributed by atoms with Crippen molar-refractivity contribution < 1.29 is 28.5 Å². The van der Waals surface area contributed by atoms with Gasteiger partial charge in [0.05, 0.1) is 27.4 Å². The lowest BCUT2D eigenvalue weighted by Crippen LogP contribution is -2.06. The first-order chi connectivity index (χ1) is 24.4. The smallest absolute Gasteiger partial charge is 0.131 e. The quantitative estimate of drug-likeness (QED) is 0.194. The number of halogens is 2. The fourth-order valence-corrected chi connectivity index (χ4v) is 7.36. The van der Waals surface area contributed by atoms with E-state index in [9.17, 15) is 19.0 Å². The van der Waals surface area contributed by atoms with Crippen LogP contribution in [0.4, 0.5) is 8.78 Å². The molecule has 4 aromatic carbocycles. The van der Waals surface area contributed by atoms with Crippen molar-refractivity contribution in [1.29, 1.82) is 0 Å². The molecule has 0 amide bonds. The highest BCUT2D eigenvalue weighted by Crippen LogP contribution is 2.40. The van der Waals surface area contributed by atoms with Gasteiger partial charge in [0.25, 0.3) is 0 Å². The normalized spacial score (nSPS) is 16.8. The minimum Gasteiger partial charge on any atom is -0.497 e. The van der Waals surface area contributed by atoms with E-state index in [0.717, 1.165) is 59.9 Å². The highest BCUT2D eigenvalue weighted by Gasteiger charge is 2.21. The molecule has 2 N–H and O–H groups in total. The number of hydrogen-bond donors (Lipinski definition) is 2. The zero-order valence-corrected chi connectivity index (χ0v) is 29.7. The van der Waals surface area contributed by atoms with Crippen LogP contribution in [-0.2, 0) is 13.2 Å². The van der Waals surface area contributed by atoms with E-state index in [-0.39, 0.29) is 24.8 Å². The van der Waals surface area contributed by atoms with Crippen LogP contribution in [-0.4, -0.2) is 24.4 Å². The Balaban J connectivity index is 0.000000194. The molecule has 0 radical (unpaired) electrons. The molecule has 0 atom stereocenters. The molecule has 0 spiro atoms. The van der Waals surface area contributed by atoms with Gasteiger partial charge < -0.3 is 19.7 Å². The Labute approximate surface area is 296 Å². The second kappa shape index (κ2) is 18.8. The van der Waals surface area contributed by atoms with E-state index >= 15 is 0 Å². The van der Waals surface area contributed by atoms with E-state index in [0.29, 0.717) is 28.5 Å². The summed E-state index contributed by atoms with van der Waals surface area (Å²) in [6.45, 7) is 0.00173. The van der Waals surface area contributed by atoms with Crippen molar-refractivity contribution in [2.45, 2.75) is 103 Å². The van der Waals surface area contributed by atoms with Gasteiger partial charge in [-0.1, -0.05) is 81.4 Å². The van der Waals surface area contributed by atoms with Crippen molar-refractivity contribution in [3.8, 4) is 33.8 Å². The molecule has 4 nitrogen and oxygen atoms in total. The molecule has 0 aromatic heterocycles. The van der Waals surface area contributed by atoms with E-state index in [1.165, 1.54) is 74.6 Å². The maximum absolute atomic E-state index is 14.6. The van der Waals surface area contributed by atoms with Crippen LogP contribution in [0, 0.1) is 11.6 Å². The second-order valence-electron chi connectivity index (χ2n) is 13.5. The number of allylic oxidation sites excluding steroid dienone is 2. The van der Waals surface area contributed by atoms with Gasteiger partial charge in [0, 0.05) is 11.1 Å². The molecule has 0 saturated heterocycles. The largest absolute Gasteiger partial charge is 0.497 e. The van der Waals surface area contributed by atoms with Crippen LogP contribution in [0.5, 0.6) is 11.5 Å². The molecule has 0 unspecified atom stereocenters. The average molecular weight is 683 g/mol. The monoisotopic (exact) mass is 682 g/mol. The third-order valence-corrected chi connectivity index (χ3v) is 10.2. The van der Waals surface area contributed by atoms with Crippen molar-refractivity contribution in [3.05, 3.63) is 113 Å². The van der Waals surface area contributed by atoms with Crippen LogP contribution in [0.25, 0.3) is 27.8 Å². The lowest BCUT2D eigenvalue weighted by molar-refractivity contribution is 0.281. The molecule has 0 heterocycles. The summed E-state index contributed by atoms with van der Waals surface area (Å²) in [6, 6.07) is 21.4. The minimum atomic E-state index is -0.259. The summed E-state index contributed by atoms with van der Waals surface area (Å²) in [4.78, 5) is 0. The Hall–Kier alpha value is -4.00. The summed E-state index contributed by atoms with van der Waals surface area (Å²) in [5, 5.41) is 19.1. The number of methoxy groups -OCH3 is 2. The van der Waals surface area contributed by atoms with Gasteiger partial charge in [-0.25, -0.2) is 8.78 Å². The van der Waals surface area contributed by atoms with Crippen molar-refractivity contribution in [3.63, 3.8) is 0 Å². The summed E-state index contributed by atoms with van der Waals surface area (Å²) < 4.78 is 39.7. The van der Waals surface area contributed by atoms with Gasteiger partial charge in [-0.15, -0.1) is 0 Å². The topological polar surface area (TPSA) is 58.9 Å². The highest BCUT2D eigenvalue weighted by molar-refractivity contribution is 5.82. The number of aliphatic hydroxyl groups excluding tert-OH is 2. The van der Waals surface area contributed by atoms with Crippen LogP contribution in [0.2, 0.25) is 0 Å². The van der Waals surface area contributed by atoms with Gasteiger partial charge in [0.2, 0.25) is 0 Å². The Kier molecular flexibility index (Phi) is 14.0. The van der Waals surface area contributed by atoms with Gasteiger partial charge in [-0.05, 0) is 126 Å². The Morgan fingerprint density at radius 3 is 1.72 bits per heavy atom. The zero-order valence-electron chi connectivity index (χ0n) is 29.7. The fraction of sp³-hybridized carbons (Fsp3) is 0.409. The summed E-state index contributed by atoms with van der Waals surface area (Å²) in [5.74, 6) is 1.23. The Bertz CT molecular complexity index is 1720. The summed E-state index contributed by atoms with van der Waals surface area (Å²) in [5.41, 5.74) is 8.12. The number of hydrogen-bond acceptors (Lipinski definition) is 4. The van der Waals surface area contributed by atoms with E-state index in [2.05, 4.69) is 12.1 Å². The molecule has 50 heavy (non-hydrogen) atoms.